The lowest BCUT2D eigenvalue weighted by Gasteiger charge is -2.29. The van der Waals surface area contributed by atoms with Gasteiger partial charge >= 0.3 is 0 Å². The minimum absolute atomic E-state index is 0.0375. The molecule has 2 aliphatic rings. The molecule has 2 fully saturated rings. The van der Waals surface area contributed by atoms with E-state index in [0.29, 0.717) is 49.6 Å². The van der Waals surface area contributed by atoms with Gasteiger partial charge in [0.1, 0.15) is 5.52 Å². The Kier molecular flexibility index (Phi) is 4.66. The highest BCUT2D eigenvalue weighted by molar-refractivity contribution is 5.97. The first-order valence-electron chi connectivity index (χ1n) is 9.93. The molecule has 0 aromatic carbocycles. The van der Waals surface area contributed by atoms with Gasteiger partial charge in [-0.25, -0.2) is 9.97 Å². The molecule has 2 amide bonds. The number of amides is 2. The zero-order chi connectivity index (χ0) is 20.7. The maximum atomic E-state index is 13.2. The molecule has 9 nitrogen and oxygen atoms in total. The summed E-state index contributed by atoms with van der Waals surface area (Å²) in [4.78, 5) is 42.3. The van der Waals surface area contributed by atoms with E-state index in [1.54, 1.807) is 41.6 Å². The number of likely N-dealkylation sites (N-methyl/N-ethyl adjacent to an activating group) is 1. The van der Waals surface area contributed by atoms with Crippen LogP contribution in [0.4, 0.5) is 0 Å². The van der Waals surface area contributed by atoms with Crippen LogP contribution < -0.4 is 0 Å². The maximum Gasteiger partial charge on any atom is 0.255 e. The topological polar surface area (TPSA) is 93.5 Å². The summed E-state index contributed by atoms with van der Waals surface area (Å²) >= 11 is 0. The normalized spacial score (nSPS) is 21.7. The molecule has 0 N–H and O–H groups in total. The Morgan fingerprint density at radius 3 is 2.97 bits per heavy atom. The number of carbonyl (C=O) groups excluding carboxylic acids is 2. The van der Waals surface area contributed by atoms with Crippen LogP contribution in [-0.4, -0.2) is 80.5 Å². The van der Waals surface area contributed by atoms with E-state index in [-0.39, 0.29) is 23.8 Å². The predicted octanol–water partition coefficient (Wildman–Crippen LogP) is 0.804. The Bertz CT molecular complexity index is 1100. The van der Waals surface area contributed by atoms with E-state index in [4.69, 9.17) is 4.74 Å². The molecule has 0 aliphatic carbocycles. The van der Waals surface area contributed by atoms with Crippen molar-refractivity contribution < 1.29 is 14.3 Å². The quantitative estimate of drug-likeness (QED) is 0.639. The number of pyridine rings is 2. The highest BCUT2D eigenvalue weighted by Crippen LogP contribution is 2.22. The standard InChI is InChI=1S/C21H22N6O3/c1-25-17-10-26(9-16(20(25)28)11-30-12-17)21(29)15-5-18-19(23-7-15)27(13-24-18)8-14-3-2-4-22-6-14/h2-7,13,16-17H,8-12H2,1H3/t16-,17+/m1/s1. The summed E-state index contributed by atoms with van der Waals surface area (Å²) in [6.45, 7) is 2.20. The number of carbonyl (C=O) groups is 2. The van der Waals surface area contributed by atoms with Gasteiger partial charge in [0.2, 0.25) is 5.91 Å². The predicted molar refractivity (Wildman–Crippen MR) is 108 cm³/mol. The third-order valence-corrected chi connectivity index (χ3v) is 5.81. The van der Waals surface area contributed by atoms with Crippen molar-refractivity contribution in [3.05, 3.63) is 54.2 Å². The van der Waals surface area contributed by atoms with Gasteiger partial charge in [-0.1, -0.05) is 6.07 Å². The second-order valence-electron chi connectivity index (χ2n) is 7.85. The summed E-state index contributed by atoms with van der Waals surface area (Å²) in [6, 6.07) is 5.52. The molecule has 2 atom stereocenters. The summed E-state index contributed by atoms with van der Waals surface area (Å²) in [6.07, 6.45) is 6.86. The molecule has 0 unspecified atom stereocenters. The highest BCUT2D eigenvalue weighted by Gasteiger charge is 2.39. The number of fused-ring (bicyclic) bond motifs is 4. The second-order valence-corrected chi connectivity index (χ2v) is 7.85. The summed E-state index contributed by atoms with van der Waals surface area (Å²) in [5.74, 6) is -0.427. The minimum Gasteiger partial charge on any atom is -0.378 e. The number of imidazole rings is 1. The van der Waals surface area contributed by atoms with Crippen molar-refractivity contribution in [2.75, 3.05) is 33.4 Å². The summed E-state index contributed by atoms with van der Waals surface area (Å²) in [5.41, 5.74) is 2.90. The number of nitrogens with zero attached hydrogens (tertiary/aromatic N) is 6. The molecule has 5 rings (SSSR count). The van der Waals surface area contributed by atoms with Gasteiger partial charge in [0.05, 0.1) is 43.6 Å². The maximum absolute atomic E-state index is 13.2. The Balaban J connectivity index is 1.40. The van der Waals surface area contributed by atoms with E-state index < -0.39 is 0 Å². The average molecular weight is 406 g/mol. The van der Waals surface area contributed by atoms with Gasteiger partial charge in [0.25, 0.3) is 5.91 Å². The Hall–Kier alpha value is -3.33. The van der Waals surface area contributed by atoms with Crippen LogP contribution in [0.2, 0.25) is 0 Å². The van der Waals surface area contributed by atoms with Gasteiger partial charge in [-0.15, -0.1) is 0 Å². The minimum atomic E-state index is -0.332. The van der Waals surface area contributed by atoms with Gasteiger partial charge < -0.3 is 19.1 Å². The first kappa shape index (κ1) is 18.7. The first-order valence-corrected chi connectivity index (χ1v) is 9.93. The molecule has 9 heteroatoms. The Morgan fingerprint density at radius 2 is 2.13 bits per heavy atom. The molecule has 0 spiro atoms. The highest BCUT2D eigenvalue weighted by atomic mass is 16.5. The van der Waals surface area contributed by atoms with Crippen LogP contribution in [0, 0.1) is 5.92 Å². The van der Waals surface area contributed by atoms with Crippen molar-refractivity contribution in [2.24, 2.45) is 5.92 Å². The van der Waals surface area contributed by atoms with E-state index in [0.717, 1.165) is 5.56 Å². The lowest BCUT2D eigenvalue weighted by Crippen LogP contribution is -2.45. The number of aromatic nitrogens is 4. The third-order valence-electron chi connectivity index (χ3n) is 5.81. The van der Waals surface area contributed by atoms with Gasteiger partial charge in [-0.3, -0.25) is 14.6 Å². The number of hydrogen-bond acceptors (Lipinski definition) is 6. The van der Waals surface area contributed by atoms with Crippen LogP contribution in [-0.2, 0) is 16.1 Å². The van der Waals surface area contributed by atoms with Gasteiger partial charge in [-0.05, 0) is 17.7 Å². The van der Waals surface area contributed by atoms with Crippen LogP contribution in [0.5, 0.6) is 0 Å². The number of ether oxygens (including phenoxy) is 1. The molecular weight excluding hydrogens is 384 g/mol. The Morgan fingerprint density at radius 1 is 1.23 bits per heavy atom. The molecule has 3 aromatic rings. The van der Waals surface area contributed by atoms with Gasteiger partial charge in [0.15, 0.2) is 5.65 Å². The van der Waals surface area contributed by atoms with E-state index in [2.05, 4.69) is 15.0 Å². The van der Waals surface area contributed by atoms with E-state index in [1.165, 1.54) is 0 Å². The van der Waals surface area contributed by atoms with Crippen molar-refractivity contribution >= 4 is 23.0 Å². The smallest absolute Gasteiger partial charge is 0.255 e. The van der Waals surface area contributed by atoms with Crippen LogP contribution in [0.25, 0.3) is 11.2 Å². The summed E-state index contributed by atoms with van der Waals surface area (Å²) < 4.78 is 7.55. The van der Waals surface area contributed by atoms with E-state index in [9.17, 15) is 9.59 Å². The molecular formula is C21H22N6O3. The monoisotopic (exact) mass is 406 g/mol. The molecule has 0 radical (unpaired) electrons. The molecule has 5 heterocycles. The van der Waals surface area contributed by atoms with Crippen LogP contribution in [0.1, 0.15) is 15.9 Å². The second kappa shape index (κ2) is 7.49. The van der Waals surface area contributed by atoms with Crippen LogP contribution >= 0.6 is 0 Å². The summed E-state index contributed by atoms with van der Waals surface area (Å²) in [5, 5.41) is 0. The van der Waals surface area contributed by atoms with Crippen LogP contribution in [0.15, 0.2) is 43.1 Å². The Labute approximate surface area is 173 Å². The first-order chi connectivity index (χ1) is 14.6. The lowest BCUT2D eigenvalue weighted by molar-refractivity contribution is -0.133. The zero-order valence-corrected chi connectivity index (χ0v) is 16.6. The molecule has 2 saturated heterocycles. The van der Waals surface area contributed by atoms with Crippen molar-refractivity contribution in [3.8, 4) is 0 Å². The molecule has 30 heavy (non-hydrogen) atoms. The largest absolute Gasteiger partial charge is 0.378 e. The molecule has 2 aliphatic heterocycles. The van der Waals surface area contributed by atoms with E-state index in [1.807, 2.05) is 22.9 Å². The fourth-order valence-corrected chi connectivity index (χ4v) is 4.12. The zero-order valence-electron chi connectivity index (χ0n) is 16.6. The van der Waals surface area contributed by atoms with Crippen molar-refractivity contribution in [1.82, 2.24) is 29.3 Å². The van der Waals surface area contributed by atoms with Gasteiger partial charge in [-0.2, -0.15) is 0 Å². The molecule has 3 aromatic heterocycles. The van der Waals surface area contributed by atoms with Crippen LogP contribution in [0.3, 0.4) is 0 Å². The summed E-state index contributed by atoms with van der Waals surface area (Å²) in [7, 11) is 1.78. The molecule has 154 valence electrons. The van der Waals surface area contributed by atoms with Gasteiger partial charge in [0, 0.05) is 38.7 Å². The number of hydrogen-bond donors (Lipinski definition) is 0. The molecule has 2 bridgehead atoms. The third kappa shape index (κ3) is 3.30. The average Bonchev–Trinajstić information content (AvgIpc) is 3.04. The number of rotatable bonds is 3. The lowest BCUT2D eigenvalue weighted by atomic mass is 10.1. The molecule has 0 saturated carbocycles. The fourth-order valence-electron chi connectivity index (χ4n) is 4.12. The van der Waals surface area contributed by atoms with Crippen molar-refractivity contribution in [3.63, 3.8) is 0 Å². The SMILES string of the molecule is CN1C(=O)[C@H]2COC[C@@H]1CN(C(=O)c1cnc3c(c1)ncn3Cc1cccnc1)C2. The van der Waals surface area contributed by atoms with E-state index >= 15 is 0 Å². The van der Waals surface area contributed by atoms with Crippen molar-refractivity contribution in [2.45, 2.75) is 12.6 Å². The van der Waals surface area contributed by atoms with Crippen molar-refractivity contribution in [1.29, 1.82) is 0 Å². The fraction of sp³-hybridized carbons (Fsp3) is 0.381.